The Balaban J connectivity index is 1.94. The van der Waals surface area contributed by atoms with Gasteiger partial charge >= 0.3 is 0 Å². The molecule has 1 aromatic heterocycles. The van der Waals surface area contributed by atoms with Crippen LogP contribution in [0.3, 0.4) is 0 Å². The van der Waals surface area contributed by atoms with Crippen LogP contribution in [0.4, 0.5) is 0 Å². The molecule has 1 aromatic carbocycles. The lowest BCUT2D eigenvalue weighted by molar-refractivity contribution is -0.856. The Kier molecular flexibility index (Phi) is 6.57. The van der Waals surface area contributed by atoms with Gasteiger partial charge in [-0.1, -0.05) is 6.07 Å². The number of thiophene rings is 1. The highest BCUT2D eigenvalue weighted by Gasteiger charge is 2.32. The molecule has 0 radical (unpaired) electrons. The maximum atomic E-state index is 5.77. The fourth-order valence-electron chi connectivity index (χ4n) is 3.44. The predicted octanol–water partition coefficient (Wildman–Crippen LogP) is 1.73. The van der Waals surface area contributed by atoms with E-state index in [1.807, 2.05) is 0 Å². The summed E-state index contributed by atoms with van der Waals surface area (Å²) in [7, 11) is 7.66. The number of methoxy groups -OCH3 is 2. The standard InChI is InChI=1S/C20H27N3O2S2/c1-22(2)10-8-21-20(26)23-9-7-14-12-16(24-3)17(25-4)13-15(14)19(23)18-6-5-11-27-18/h5-6,11-13,19H,7-10H2,1-4H3,(H,21,26)/p+1/t19-/m1/s1. The fraction of sp³-hybridized carbons (Fsp3) is 0.450. The number of thiocarbonyl (C=S) groups is 1. The zero-order chi connectivity index (χ0) is 19.4. The molecule has 2 heterocycles. The van der Waals surface area contributed by atoms with Gasteiger partial charge in [-0.25, -0.2) is 0 Å². The molecule has 5 nitrogen and oxygen atoms in total. The first-order chi connectivity index (χ1) is 13.0. The van der Waals surface area contributed by atoms with Crippen molar-refractivity contribution in [1.82, 2.24) is 10.2 Å². The van der Waals surface area contributed by atoms with Crippen molar-refractivity contribution in [3.8, 4) is 11.5 Å². The Morgan fingerprint density at radius 2 is 2.04 bits per heavy atom. The minimum atomic E-state index is 0.0975. The zero-order valence-electron chi connectivity index (χ0n) is 16.4. The number of nitrogens with one attached hydrogen (secondary N) is 2. The summed E-state index contributed by atoms with van der Waals surface area (Å²) in [4.78, 5) is 4.99. The summed E-state index contributed by atoms with van der Waals surface area (Å²) in [5.41, 5.74) is 2.53. The van der Waals surface area contributed by atoms with E-state index in [1.54, 1.807) is 25.6 Å². The molecule has 0 amide bonds. The predicted molar refractivity (Wildman–Crippen MR) is 114 cm³/mol. The van der Waals surface area contributed by atoms with E-state index in [4.69, 9.17) is 21.7 Å². The first-order valence-electron chi connectivity index (χ1n) is 9.16. The summed E-state index contributed by atoms with van der Waals surface area (Å²) in [6.45, 7) is 2.78. The molecule has 2 aromatic rings. The minimum absolute atomic E-state index is 0.0975. The van der Waals surface area contributed by atoms with Gasteiger partial charge < -0.3 is 24.6 Å². The molecule has 1 atom stereocenters. The van der Waals surface area contributed by atoms with Gasteiger partial charge in [0.1, 0.15) is 0 Å². The molecule has 2 N–H and O–H groups in total. The lowest BCUT2D eigenvalue weighted by atomic mass is 9.91. The second-order valence-electron chi connectivity index (χ2n) is 6.96. The Morgan fingerprint density at radius 3 is 2.67 bits per heavy atom. The summed E-state index contributed by atoms with van der Waals surface area (Å²) < 4.78 is 11.1. The largest absolute Gasteiger partial charge is 0.493 e. The van der Waals surface area contributed by atoms with Crippen LogP contribution >= 0.6 is 23.6 Å². The van der Waals surface area contributed by atoms with Crippen LogP contribution in [0.2, 0.25) is 0 Å². The molecular weight excluding hydrogens is 378 g/mol. The molecule has 1 aliphatic rings. The van der Waals surface area contributed by atoms with Crippen molar-refractivity contribution in [1.29, 1.82) is 0 Å². The molecule has 27 heavy (non-hydrogen) atoms. The molecule has 0 unspecified atom stereocenters. The first-order valence-corrected chi connectivity index (χ1v) is 10.5. The highest BCUT2D eigenvalue weighted by molar-refractivity contribution is 7.80. The Bertz CT molecular complexity index is 778. The smallest absolute Gasteiger partial charge is 0.169 e. The third-order valence-electron chi connectivity index (χ3n) is 4.85. The van der Waals surface area contributed by atoms with Crippen LogP contribution in [0.1, 0.15) is 22.0 Å². The molecule has 146 valence electrons. The minimum Gasteiger partial charge on any atom is -0.493 e. The van der Waals surface area contributed by atoms with Crippen molar-refractivity contribution < 1.29 is 14.4 Å². The van der Waals surface area contributed by atoms with Gasteiger partial charge in [0.15, 0.2) is 16.6 Å². The number of fused-ring (bicyclic) bond motifs is 1. The number of quaternary nitrogens is 1. The molecule has 0 saturated heterocycles. The van der Waals surface area contributed by atoms with Crippen LogP contribution in [-0.4, -0.2) is 58.0 Å². The van der Waals surface area contributed by atoms with Gasteiger partial charge in [-0.3, -0.25) is 0 Å². The third-order valence-corrected chi connectivity index (χ3v) is 6.15. The van der Waals surface area contributed by atoms with Crippen LogP contribution in [0.5, 0.6) is 11.5 Å². The van der Waals surface area contributed by atoms with Crippen LogP contribution in [-0.2, 0) is 6.42 Å². The molecule has 0 spiro atoms. The highest BCUT2D eigenvalue weighted by atomic mass is 32.1. The summed E-state index contributed by atoms with van der Waals surface area (Å²) in [5, 5.41) is 6.38. The van der Waals surface area contributed by atoms with Crippen molar-refractivity contribution in [2.24, 2.45) is 0 Å². The highest BCUT2D eigenvalue weighted by Crippen LogP contribution is 2.42. The van der Waals surface area contributed by atoms with Gasteiger partial charge in [0.2, 0.25) is 0 Å². The van der Waals surface area contributed by atoms with Crippen LogP contribution in [0, 0.1) is 0 Å². The van der Waals surface area contributed by atoms with Gasteiger partial charge in [-0.15, -0.1) is 11.3 Å². The average Bonchev–Trinajstić information content (AvgIpc) is 3.19. The maximum Gasteiger partial charge on any atom is 0.169 e. The van der Waals surface area contributed by atoms with E-state index in [2.05, 4.69) is 54.0 Å². The van der Waals surface area contributed by atoms with Crippen LogP contribution < -0.4 is 19.7 Å². The van der Waals surface area contributed by atoms with E-state index < -0.39 is 0 Å². The number of likely N-dealkylation sites (N-methyl/N-ethyl adjacent to an activating group) is 1. The second-order valence-corrected chi connectivity index (χ2v) is 8.32. The molecule has 0 saturated carbocycles. The Labute approximate surface area is 170 Å². The lowest BCUT2D eigenvalue weighted by Gasteiger charge is -2.39. The van der Waals surface area contributed by atoms with E-state index in [0.29, 0.717) is 0 Å². The van der Waals surface area contributed by atoms with Crippen molar-refractivity contribution in [2.45, 2.75) is 12.5 Å². The quantitative estimate of drug-likeness (QED) is 0.715. The number of nitrogens with zero attached hydrogens (tertiary/aromatic N) is 1. The van der Waals surface area contributed by atoms with E-state index in [9.17, 15) is 0 Å². The third kappa shape index (κ3) is 4.36. The van der Waals surface area contributed by atoms with E-state index in [-0.39, 0.29) is 6.04 Å². The van der Waals surface area contributed by atoms with Crippen LogP contribution in [0.15, 0.2) is 29.6 Å². The topological polar surface area (TPSA) is 38.2 Å². The number of hydrogen-bond acceptors (Lipinski definition) is 4. The summed E-state index contributed by atoms with van der Waals surface area (Å²) >= 11 is 7.53. The van der Waals surface area contributed by atoms with E-state index in [1.165, 1.54) is 20.9 Å². The van der Waals surface area contributed by atoms with Crippen LogP contribution in [0.25, 0.3) is 0 Å². The SMILES string of the molecule is COc1cc2c(cc1OC)[C@H](c1cccs1)N(C(=S)NCC[NH+](C)C)CC2. The Hall–Kier alpha value is -1.83. The molecule has 3 rings (SSSR count). The molecule has 1 aliphatic heterocycles. The maximum absolute atomic E-state index is 5.77. The Morgan fingerprint density at radius 1 is 1.30 bits per heavy atom. The summed E-state index contributed by atoms with van der Waals surface area (Å²) in [6.07, 6.45) is 0.929. The molecule has 0 fully saturated rings. The zero-order valence-corrected chi connectivity index (χ0v) is 18.0. The molecule has 0 aliphatic carbocycles. The fourth-order valence-corrected chi connectivity index (χ4v) is 4.59. The summed E-state index contributed by atoms with van der Waals surface area (Å²) in [6, 6.07) is 8.59. The van der Waals surface area contributed by atoms with E-state index >= 15 is 0 Å². The van der Waals surface area contributed by atoms with Gasteiger partial charge in [-0.2, -0.15) is 0 Å². The lowest BCUT2D eigenvalue weighted by Crippen LogP contribution is -3.06. The number of ether oxygens (including phenoxy) is 2. The second kappa shape index (κ2) is 8.91. The molecular formula is C20H28N3O2S2+. The number of rotatable bonds is 6. The van der Waals surface area contributed by atoms with Gasteiger partial charge in [0, 0.05) is 11.4 Å². The normalized spacial score (nSPS) is 16.2. The monoisotopic (exact) mass is 406 g/mol. The first kappa shape index (κ1) is 19.9. The number of benzene rings is 1. The van der Waals surface area contributed by atoms with Gasteiger partial charge in [0.05, 0.1) is 47.4 Å². The van der Waals surface area contributed by atoms with Crippen molar-refractivity contribution >= 4 is 28.7 Å². The molecule has 7 heteroatoms. The van der Waals surface area contributed by atoms with Gasteiger partial charge in [0.25, 0.3) is 0 Å². The van der Waals surface area contributed by atoms with Gasteiger partial charge in [-0.05, 0) is 53.3 Å². The van der Waals surface area contributed by atoms with Crippen molar-refractivity contribution in [3.63, 3.8) is 0 Å². The van der Waals surface area contributed by atoms with Crippen molar-refractivity contribution in [2.75, 3.05) is 47.9 Å². The van der Waals surface area contributed by atoms with Crippen molar-refractivity contribution in [3.05, 3.63) is 45.6 Å². The number of hydrogen-bond donors (Lipinski definition) is 2. The summed E-state index contributed by atoms with van der Waals surface area (Å²) in [5.74, 6) is 1.54. The van der Waals surface area contributed by atoms with E-state index in [0.717, 1.165) is 42.7 Å². The molecule has 0 bridgehead atoms. The average molecular weight is 407 g/mol.